The molecule has 0 bridgehead atoms. The lowest BCUT2D eigenvalue weighted by molar-refractivity contribution is -0.0247. The van der Waals surface area contributed by atoms with Gasteiger partial charge in [-0.3, -0.25) is 0 Å². The van der Waals surface area contributed by atoms with Crippen molar-refractivity contribution in [2.75, 3.05) is 6.61 Å². The maximum Gasteiger partial charge on any atom is 0.146 e. The van der Waals surface area contributed by atoms with Crippen LogP contribution in [0.2, 0.25) is 0 Å². The van der Waals surface area contributed by atoms with E-state index in [1.54, 1.807) is 0 Å². The fourth-order valence-electron chi connectivity index (χ4n) is 2.72. The van der Waals surface area contributed by atoms with Crippen molar-refractivity contribution in [1.29, 1.82) is 0 Å². The Bertz CT molecular complexity index is 396. The number of nitrogens with two attached hydrogens (primary N) is 1. The van der Waals surface area contributed by atoms with Crippen LogP contribution in [0.1, 0.15) is 45.3 Å². The first-order valence-electron chi connectivity index (χ1n) is 7.36. The van der Waals surface area contributed by atoms with Crippen LogP contribution in [-0.4, -0.2) is 27.5 Å². The van der Waals surface area contributed by atoms with Gasteiger partial charge >= 0.3 is 0 Å². The summed E-state index contributed by atoms with van der Waals surface area (Å²) in [6.07, 6.45) is 3.77. The first kappa shape index (κ1) is 14.5. The Balaban J connectivity index is 1.95. The molecule has 1 saturated carbocycles. The fraction of sp³-hybridized carbons (Fsp3) is 0.857. The monoisotopic (exact) mass is 266 g/mol. The number of rotatable bonds is 7. The van der Waals surface area contributed by atoms with Gasteiger partial charge in [-0.2, -0.15) is 0 Å². The normalized spacial score (nSPS) is 22.8. The van der Waals surface area contributed by atoms with Gasteiger partial charge in [0.15, 0.2) is 0 Å². The number of aromatic nitrogens is 3. The van der Waals surface area contributed by atoms with E-state index in [2.05, 4.69) is 35.5 Å². The molecule has 0 unspecified atom stereocenters. The Morgan fingerprint density at radius 1 is 1.32 bits per heavy atom. The van der Waals surface area contributed by atoms with Crippen LogP contribution in [0.25, 0.3) is 0 Å². The first-order valence-corrected chi connectivity index (χ1v) is 7.36. The molecule has 2 rings (SSSR count). The topological polar surface area (TPSA) is 66.0 Å². The Morgan fingerprint density at radius 3 is 2.58 bits per heavy atom. The van der Waals surface area contributed by atoms with Gasteiger partial charge in [0.1, 0.15) is 11.6 Å². The van der Waals surface area contributed by atoms with Crippen molar-refractivity contribution >= 4 is 0 Å². The average Bonchev–Trinajstić information content (AvgIpc) is 2.68. The molecule has 1 fully saturated rings. The predicted octanol–water partition coefficient (Wildman–Crippen LogP) is 1.75. The average molecular weight is 266 g/mol. The van der Waals surface area contributed by atoms with E-state index in [0.29, 0.717) is 24.5 Å². The third-order valence-corrected chi connectivity index (χ3v) is 3.70. The summed E-state index contributed by atoms with van der Waals surface area (Å²) in [5.41, 5.74) is 5.74. The number of hydrogen-bond acceptors (Lipinski definition) is 4. The van der Waals surface area contributed by atoms with Gasteiger partial charge < -0.3 is 15.0 Å². The highest BCUT2D eigenvalue weighted by atomic mass is 16.5. The van der Waals surface area contributed by atoms with E-state index >= 15 is 0 Å². The van der Waals surface area contributed by atoms with Crippen molar-refractivity contribution in [2.24, 2.45) is 17.6 Å². The van der Waals surface area contributed by atoms with Gasteiger partial charge in [0.25, 0.3) is 0 Å². The highest BCUT2D eigenvalue weighted by Gasteiger charge is 2.31. The summed E-state index contributed by atoms with van der Waals surface area (Å²) < 4.78 is 7.81. The lowest BCUT2D eigenvalue weighted by Crippen LogP contribution is -2.33. The van der Waals surface area contributed by atoms with E-state index in [0.717, 1.165) is 44.1 Å². The molecule has 1 aromatic heterocycles. The van der Waals surface area contributed by atoms with Crippen LogP contribution in [0.5, 0.6) is 0 Å². The van der Waals surface area contributed by atoms with Gasteiger partial charge in [-0.1, -0.05) is 13.8 Å². The zero-order valence-electron chi connectivity index (χ0n) is 12.3. The molecule has 0 spiro atoms. The number of ether oxygens (including phenoxy) is 1. The van der Waals surface area contributed by atoms with E-state index in [4.69, 9.17) is 10.5 Å². The SMILES string of the molecule is CCOC1CC(Cc2nnc(CN)n2CC(C)C)C1. The summed E-state index contributed by atoms with van der Waals surface area (Å²) in [7, 11) is 0. The Kier molecular flexibility index (Phi) is 4.93. The second-order valence-electron chi connectivity index (χ2n) is 5.86. The van der Waals surface area contributed by atoms with Gasteiger partial charge in [0.05, 0.1) is 12.6 Å². The van der Waals surface area contributed by atoms with E-state index in [-0.39, 0.29) is 0 Å². The van der Waals surface area contributed by atoms with Gasteiger partial charge in [-0.15, -0.1) is 10.2 Å². The molecule has 108 valence electrons. The molecule has 5 heteroatoms. The number of nitrogens with zero attached hydrogens (tertiary/aromatic N) is 3. The number of hydrogen-bond donors (Lipinski definition) is 1. The van der Waals surface area contributed by atoms with Gasteiger partial charge in [-0.05, 0) is 31.6 Å². The van der Waals surface area contributed by atoms with E-state index in [1.165, 1.54) is 0 Å². The summed E-state index contributed by atoms with van der Waals surface area (Å²) in [5, 5.41) is 8.54. The Hall–Kier alpha value is -0.940. The maximum atomic E-state index is 5.74. The highest BCUT2D eigenvalue weighted by molar-refractivity contribution is 4.99. The molecule has 0 atom stereocenters. The van der Waals surface area contributed by atoms with Crippen LogP contribution < -0.4 is 5.73 Å². The van der Waals surface area contributed by atoms with Crippen molar-refractivity contribution in [3.05, 3.63) is 11.6 Å². The molecule has 0 saturated heterocycles. The lowest BCUT2D eigenvalue weighted by Gasteiger charge is -2.34. The smallest absolute Gasteiger partial charge is 0.146 e. The maximum absolute atomic E-state index is 5.74. The molecule has 1 aromatic rings. The molecule has 1 aliphatic rings. The van der Waals surface area contributed by atoms with Crippen molar-refractivity contribution in [3.8, 4) is 0 Å². The molecule has 1 heterocycles. The van der Waals surface area contributed by atoms with Crippen LogP contribution in [-0.2, 0) is 24.2 Å². The molecule has 1 aliphatic carbocycles. The predicted molar refractivity (Wildman–Crippen MR) is 74.6 cm³/mol. The summed E-state index contributed by atoms with van der Waals surface area (Å²) in [4.78, 5) is 0. The van der Waals surface area contributed by atoms with Crippen LogP contribution >= 0.6 is 0 Å². The largest absolute Gasteiger partial charge is 0.378 e. The Labute approximate surface area is 115 Å². The second-order valence-corrected chi connectivity index (χ2v) is 5.86. The molecule has 0 aromatic carbocycles. The lowest BCUT2D eigenvalue weighted by atomic mass is 9.80. The summed E-state index contributed by atoms with van der Waals surface area (Å²) in [5.74, 6) is 3.27. The van der Waals surface area contributed by atoms with Crippen molar-refractivity contribution in [1.82, 2.24) is 14.8 Å². The van der Waals surface area contributed by atoms with Gasteiger partial charge in [0, 0.05) is 19.6 Å². The highest BCUT2D eigenvalue weighted by Crippen LogP contribution is 2.32. The summed E-state index contributed by atoms with van der Waals surface area (Å²) >= 11 is 0. The second kappa shape index (κ2) is 6.48. The molecule has 5 nitrogen and oxygen atoms in total. The fourth-order valence-corrected chi connectivity index (χ4v) is 2.72. The van der Waals surface area contributed by atoms with Crippen LogP contribution in [0.15, 0.2) is 0 Å². The molecule has 19 heavy (non-hydrogen) atoms. The first-order chi connectivity index (χ1) is 9.13. The zero-order valence-corrected chi connectivity index (χ0v) is 12.3. The quantitative estimate of drug-likeness (QED) is 0.816. The third-order valence-electron chi connectivity index (χ3n) is 3.70. The molecule has 0 radical (unpaired) electrons. The minimum atomic E-state index is 0.463. The minimum absolute atomic E-state index is 0.463. The molecule has 0 amide bonds. The van der Waals surface area contributed by atoms with Crippen molar-refractivity contribution in [3.63, 3.8) is 0 Å². The third kappa shape index (κ3) is 3.54. The molecule has 2 N–H and O–H groups in total. The summed E-state index contributed by atoms with van der Waals surface area (Å²) in [6.45, 7) is 8.71. The zero-order chi connectivity index (χ0) is 13.8. The van der Waals surface area contributed by atoms with Crippen molar-refractivity contribution in [2.45, 2.75) is 59.2 Å². The Morgan fingerprint density at radius 2 is 2.00 bits per heavy atom. The van der Waals surface area contributed by atoms with E-state index in [1.807, 2.05) is 0 Å². The molecular formula is C14H26N4O. The summed E-state index contributed by atoms with van der Waals surface area (Å²) in [6, 6.07) is 0. The van der Waals surface area contributed by atoms with E-state index < -0.39 is 0 Å². The molecule has 0 aliphatic heterocycles. The van der Waals surface area contributed by atoms with Crippen LogP contribution in [0.4, 0.5) is 0 Å². The van der Waals surface area contributed by atoms with Crippen molar-refractivity contribution < 1.29 is 4.74 Å². The minimum Gasteiger partial charge on any atom is -0.378 e. The van der Waals surface area contributed by atoms with E-state index in [9.17, 15) is 0 Å². The van der Waals surface area contributed by atoms with Gasteiger partial charge in [0.2, 0.25) is 0 Å². The van der Waals surface area contributed by atoms with Gasteiger partial charge in [-0.25, -0.2) is 0 Å². The molecular weight excluding hydrogens is 240 g/mol. The van der Waals surface area contributed by atoms with Crippen LogP contribution in [0.3, 0.4) is 0 Å². The standard InChI is InChI=1S/C14H26N4O/c1-4-19-12-5-11(6-12)7-13-16-17-14(8-15)18(13)9-10(2)3/h10-12H,4-9,15H2,1-3H3. The van der Waals surface area contributed by atoms with Crippen LogP contribution in [0, 0.1) is 11.8 Å².